The zero-order valence-electron chi connectivity index (χ0n) is 11.6. The maximum atomic E-state index is 12.0. The van der Waals surface area contributed by atoms with Gasteiger partial charge < -0.3 is 14.8 Å². The van der Waals surface area contributed by atoms with E-state index in [-0.39, 0.29) is 5.91 Å². The monoisotopic (exact) mass is 263 g/mol. The SMILES string of the molecule is Cc1cccc(C(=O)NCCC2(C)OCCCO2)c1. The highest BCUT2D eigenvalue weighted by Crippen LogP contribution is 2.21. The maximum absolute atomic E-state index is 12.0. The Bertz CT molecular complexity index is 439. The summed E-state index contributed by atoms with van der Waals surface area (Å²) in [5.41, 5.74) is 1.77. The number of nitrogens with one attached hydrogen (secondary N) is 1. The summed E-state index contributed by atoms with van der Waals surface area (Å²) in [6.45, 7) is 5.89. The summed E-state index contributed by atoms with van der Waals surface area (Å²) in [5, 5.41) is 2.90. The third-order valence-electron chi connectivity index (χ3n) is 3.25. The average Bonchev–Trinajstić information content (AvgIpc) is 2.39. The molecule has 1 N–H and O–H groups in total. The highest BCUT2D eigenvalue weighted by molar-refractivity contribution is 5.94. The van der Waals surface area contributed by atoms with Crippen molar-refractivity contribution < 1.29 is 14.3 Å². The van der Waals surface area contributed by atoms with E-state index in [1.807, 2.05) is 38.1 Å². The van der Waals surface area contributed by atoms with Crippen LogP contribution in [0.2, 0.25) is 0 Å². The molecule has 0 spiro atoms. The van der Waals surface area contributed by atoms with Crippen molar-refractivity contribution in [3.8, 4) is 0 Å². The van der Waals surface area contributed by atoms with Crippen LogP contribution in [0, 0.1) is 6.92 Å². The molecule has 2 rings (SSSR count). The number of rotatable bonds is 4. The first-order valence-corrected chi connectivity index (χ1v) is 6.72. The number of amides is 1. The zero-order chi connectivity index (χ0) is 13.7. The summed E-state index contributed by atoms with van der Waals surface area (Å²) in [6.07, 6.45) is 1.59. The molecule has 0 saturated carbocycles. The molecule has 0 atom stereocenters. The van der Waals surface area contributed by atoms with Gasteiger partial charge in [-0.25, -0.2) is 0 Å². The second kappa shape index (κ2) is 6.17. The zero-order valence-corrected chi connectivity index (χ0v) is 11.6. The second-order valence-electron chi connectivity index (χ2n) is 5.06. The van der Waals surface area contributed by atoms with Crippen molar-refractivity contribution >= 4 is 5.91 Å². The minimum Gasteiger partial charge on any atom is -0.352 e. The van der Waals surface area contributed by atoms with Crippen LogP contribution in [-0.4, -0.2) is 31.5 Å². The van der Waals surface area contributed by atoms with Gasteiger partial charge in [-0.2, -0.15) is 0 Å². The average molecular weight is 263 g/mol. The molecule has 1 aliphatic rings. The van der Waals surface area contributed by atoms with Gasteiger partial charge in [0.15, 0.2) is 5.79 Å². The van der Waals surface area contributed by atoms with Crippen molar-refractivity contribution in [2.75, 3.05) is 19.8 Å². The molecule has 4 nitrogen and oxygen atoms in total. The Labute approximate surface area is 114 Å². The van der Waals surface area contributed by atoms with E-state index in [4.69, 9.17) is 9.47 Å². The molecule has 0 radical (unpaired) electrons. The summed E-state index contributed by atoms with van der Waals surface area (Å²) < 4.78 is 11.2. The van der Waals surface area contributed by atoms with Gasteiger partial charge in [0.1, 0.15) is 0 Å². The molecule has 0 aliphatic carbocycles. The summed E-state index contributed by atoms with van der Waals surface area (Å²) in [5.74, 6) is -0.610. The van der Waals surface area contributed by atoms with E-state index >= 15 is 0 Å². The van der Waals surface area contributed by atoms with Gasteiger partial charge in [0, 0.05) is 18.5 Å². The lowest BCUT2D eigenvalue weighted by atomic mass is 10.1. The molecule has 0 unspecified atom stereocenters. The lowest BCUT2D eigenvalue weighted by Crippen LogP contribution is -2.40. The molecular formula is C15H21NO3. The predicted molar refractivity (Wildman–Crippen MR) is 73.1 cm³/mol. The van der Waals surface area contributed by atoms with E-state index in [1.165, 1.54) is 0 Å². The molecule has 0 aromatic heterocycles. The van der Waals surface area contributed by atoms with Crippen molar-refractivity contribution in [1.82, 2.24) is 5.32 Å². The molecule has 0 bridgehead atoms. The van der Waals surface area contributed by atoms with E-state index in [0.717, 1.165) is 25.2 Å². The van der Waals surface area contributed by atoms with E-state index < -0.39 is 5.79 Å². The minimum absolute atomic E-state index is 0.0527. The number of carbonyl (C=O) groups is 1. The Morgan fingerprint density at radius 2 is 2.11 bits per heavy atom. The minimum atomic E-state index is -0.557. The molecule has 1 aromatic rings. The molecule has 4 heteroatoms. The van der Waals surface area contributed by atoms with Gasteiger partial charge >= 0.3 is 0 Å². The van der Waals surface area contributed by atoms with E-state index in [2.05, 4.69) is 5.32 Å². The molecule has 1 fully saturated rings. The van der Waals surface area contributed by atoms with Gasteiger partial charge in [-0.15, -0.1) is 0 Å². The number of ether oxygens (including phenoxy) is 2. The van der Waals surface area contributed by atoms with Crippen LogP contribution in [0.15, 0.2) is 24.3 Å². The van der Waals surface area contributed by atoms with Crippen molar-refractivity contribution in [2.24, 2.45) is 0 Å². The fraction of sp³-hybridized carbons (Fsp3) is 0.533. The fourth-order valence-electron chi connectivity index (χ4n) is 2.11. The van der Waals surface area contributed by atoms with Crippen LogP contribution in [0.5, 0.6) is 0 Å². The first kappa shape index (κ1) is 14.0. The molecule has 19 heavy (non-hydrogen) atoms. The van der Waals surface area contributed by atoms with Crippen molar-refractivity contribution in [3.05, 3.63) is 35.4 Å². The van der Waals surface area contributed by atoms with Crippen molar-refractivity contribution in [1.29, 1.82) is 0 Å². The number of hydrogen-bond acceptors (Lipinski definition) is 3. The third kappa shape index (κ3) is 4.04. The Kier molecular flexibility index (Phi) is 4.56. The highest BCUT2D eigenvalue weighted by Gasteiger charge is 2.28. The molecule has 1 amide bonds. The van der Waals surface area contributed by atoms with Crippen molar-refractivity contribution in [3.63, 3.8) is 0 Å². The largest absolute Gasteiger partial charge is 0.352 e. The van der Waals surface area contributed by atoms with Crippen LogP contribution in [0.25, 0.3) is 0 Å². The van der Waals surface area contributed by atoms with Crippen LogP contribution >= 0.6 is 0 Å². The summed E-state index contributed by atoms with van der Waals surface area (Å²) in [6, 6.07) is 7.56. The first-order valence-electron chi connectivity index (χ1n) is 6.72. The number of benzene rings is 1. The molecule has 1 heterocycles. The fourth-order valence-corrected chi connectivity index (χ4v) is 2.11. The normalized spacial score (nSPS) is 18.0. The quantitative estimate of drug-likeness (QED) is 0.906. The van der Waals surface area contributed by atoms with E-state index in [1.54, 1.807) is 0 Å². The van der Waals surface area contributed by atoms with Gasteiger partial charge in [-0.1, -0.05) is 17.7 Å². The Morgan fingerprint density at radius 3 is 2.79 bits per heavy atom. The lowest BCUT2D eigenvalue weighted by Gasteiger charge is -2.33. The van der Waals surface area contributed by atoms with Gasteiger partial charge in [-0.05, 0) is 32.4 Å². The van der Waals surface area contributed by atoms with Crippen LogP contribution in [0.1, 0.15) is 35.7 Å². The number of hydrogen-bond donors (Lipinski definition) is 1. The van der Waals surface area contributed by atoms with E-state index in [0.29, 0.717) is 18.5 Å². The first-order chi connectivity index (χ1) is 9.09. The van der Waals surface area contributed by atoms with Gasteiger partial charge in [0.25, 0.3) is 5.91 Å². The van der Waals surface area contributed by atoms with Gasteiger partial charge in [0.2, 0.25) is 0 Å². The second-order valence-corrected chi connectivity index (χ2v) is 5.06. The van der Waals surface area contributed by atoms with E-state index in [9.17, 15) is 4.79 Å². The number of carbonyl (C=O) groups excluding carboxylic acids is 1. The third-order valence-corrected chi connectivity index (χ3v) is 3.25. The van der Waals surface area contributed by atoms with Gasteiger partial charge in [0.05, 0.1) is 13.2 Å². The topological polar surface area (TPSA) is 47.6 Å². The standard InChI is InChI=1S/C15H21NO3/c1-12-5-3-6-13(11-12)14(17)16-8-7-15(2)18-9-4-10-19-15/h3,5-6,11H,4,7-10H2,1-2H3,(H,16,17). The highest BCUT2D eigenvalue weighted by atomic mass is 16.7. The molecule has 1 aliphatic heterocycles. The van der Waals surface area contributed by atoms with Crippen molar-refractivity contribution in [2.45, 2.75) is 32.5 Å². The number of aryl methyl sites for hydroxylation is 1. The van der Waals surface area contributed by atoms with Gasteiger partial charge in [-0.3, -0.25) is 4.79 Å². The Morgan fingerprint density at radius 1 is 1.37 bits per heavy atom. The van der Waals surface area contributed by atoms with Crippen LogP contribution < -0.4 is 5.32 Å². The molecule has 104 valence electrons. The summed E-state index contributed by atoms with van der Waals surface area (Å²) >= 11 is 0. The Hall–Kier alpha value is -1.39. The molecule has 1 aromatic carbocycles. The van der Waals surface area contributed by atoms with Crippen LogP contribution in [0.3, 0.4) is 0 Å². The lowest BCUT2D eigenvalue weighted by molar-refractivity contribution is -0.257. The van der Waals surface area contributed by atoms with Crippen LogP contribution in [0.4, 0.5) is 0 Å². The smallest absolute Gasteiger partial charge is 0.251 e. The predicted octanol–water partition coefficient (Wildman–Crippen LogP) is 2.27. The molecular weight excluding hydrogens is 242 g/mol. The maximum Gasteiger partial charge on any atom is 0.251 e. The summed E-state index contributed by atoms with van der Waals surface area (Å²) in [4.78, 5) is 12.0. The summed E-state index contributed by atoms with van der Waals surface area (Å²) in [7, 11) is 0. The van der Waals surface area contributed by atoms with Crippen LogP contribution in [-0.2, 0) is 9.47 Å². The molecule has 1 saturated heterocycles. The Balaban J connectivity index is 1.80.